The van der Waals surface area contributed by atoms with Crippen molar-refractivity contribution in [3.05, 3.63) is 24.0 Å². The summed E-state index contributed by atoms with van der Waals surface area (Å²) in [4.78, 5) is 0. The molecule has 1 N–H and O–H groups in total. The van der Waals surface area contributed by atoms with Gasteiger partial charge in [0.1, 0.15) is 0 Å². The normalized spacial score (nSPS) is 12.8. The minimum atomic E-state index is 0.524. The van der Waals surface area contributed by atoms with Crippen LogP contribution in [-0.2, 0) is 6.54 Å². The Morgan fingerprint density at radius 2 is 1.89 bits per heavy atom. The molecule has 2 nitrogen and oxygen atoms in total. The first kappa shape index (κ1) is 15.3. The lowest BCUT2D eigenvalue weighted by Gasteiger charge is -2.13. The average molecular weight is 250 g/mol. The summed E-state index contributed by atoms with van der Waals surface area (Å²) in [6.07, 6.45) is 13.8. The number of nitrogens with zero attached hydrogens (tertiary/aromatic N) is 1. The van der Waals surface area contributed by atoms with E-state index in [4.69, 9.17) is 0 Å². The largest absolute Gasteiger partial charge is 0.354 e. The second-order valence-electron chi connectivity index (χ2n) is 5.23. The van der Waals surface area contributed by atoms with Gasteiger partial charge in [-0.1, -0.05) is 46.0 Å². The van der Waals surface area contributed by atoms with Crippen LogP contribution in [0.25, 0.3) is 0 Å². The van der Waals surface area contributed by atoms with E-state index < -0.39 is 0 Å². The molecule has 0 aliphatic carbocycles. The molecule has 0 aliphatic heterocycles. The van der Waals surface area contributed by atoms with Gasteiger partial charge in [-0.3, -0.25) is 0 Å². The van der Waals surface area contributed by atoms with E-state index in [-0.39, 0.29) is 0 Å². The topological polar surface area (TPSA) is 17.0 Å². The van der Waals surface area contributed by atoms with Gasteiger partial charge in [0, 0.05) is 25.0 Å². The zero-order valence-electron chi connectivity index (χ0n) is 12.4. The fourth-order valence-corrected chi connectivity index (χ4v) is 2.47. The molecular formula is C16H30N2. The average Bonchev–Trinajstić information content (AvgIpc) is 2.84. The third kappa shape index (κ3) is 5.26. The highest BCUT2D eigenvalue weighted by atomic mass is 14.9. The quantitative estimate of drug-likeness (QED) is 0.604. The van der Waals surface area contributed by atoms with E-state index in [1.54, 1.807) is 0 Å². The van der Waals surface area contributed by atoms with Crippen molar-refractivity contribution in [2.75, 3.05) is 7.05 Å². The van der Waals surface area contributed by atoms with E-state index >= 15 is 0 Å². The molecule has 1 atom stereocenters. The van der Waals surface area contributed by atoms with Gasteiger partial charge in [0.15, 0.2) is 0 Å². The maximum absolute atomic E-state index is 3.40. The second kappa shape index (κ2) is 9.21. The summed E-state index contributed by atoms with van der Waals surface area (Å²) in [6, 6.07) is 2.79. The predicted octanol–water partition coefficient (Wildman–Crippen LogP) is 4.52. The third-order valence-electron chi connectivity index (χ3n) is 3.62. The zero-order valence-corrected chi connectivity index (χ0v) is 12.4. The first-order chi connectivity index (χ1) is 8.81. The summed E-state index contributed by atoms with van der Waals surface area (Å²) < 4.78 is 2.35. The van der Waals surface area contributed by atoms with Crippen molar-refractivity contribution in [3.63, 3.8) is 0 Å². The highest BCUT2D eigenvalue weighted by molar-refractivity contribution is 5.15. The smallest absolute Gasteiger partial charge is 0.0332 e. The molecule has 1 unspecified atom stereocenters. The molecule has 0 aliphatic rings. The molecule has 1 aromatic heterocycles. The summed E-state index contributed by atoms with van der Waals surface area (Å²) in [5.74, 6) is 0. The van der Waals surface area contributed by atoms with Gasteiger partial charge in [0.25, 0.3) is 0 Å². The second-order valence-corrected chi connectivity index (χ2v) is 5.23. The molecule has 0 fully saturated rings. The summed E-state index contributed by atoms with van der Waals surface area (Å²) in [6.45, 7) is 5.69. The number of unbranched alkanes of at least 4 members (excludes halogenated alkanes) is 4. The van der Waals surface area contributed by atoms with E-state index in [0.29, 0.717) is 6.04 Å². The SMILES string of the molecule is CCCCCCCn1ccc(C(CCC)NC)c1. The Balaban J connectivity index is 2.33. The summed E-state index contributed by atoms with van der Waals surface area (Å²) in [5.41, 5.74) is 1.44. The summed E-state index contributed by atoms with van der Waals surface area (Å²) >= 11 is 0. The lowest BCUT2D eigenvalue weighted by Crippen LogP contribution is -2.15. The highest BCUT2D eigenvalue weighted by Crippen LogP contribution is 2.18. The van der Waals surface area contributed by atoms with E-state index in [9.17, 15) is 0 Å². The van der Waals surface area contributed by atoms with Crippen LogP contribution in [0.1, 0.15) is 70.4 Å². The molecule has 2 heteroatoms. The summed E-state index contributed by atoms with van der Waals surface area (Å²) in [7, 11) is 2.06. The van der Waals surface area contributed by atoms with Crippen LogP contribution in [0.2, 0.25) is 0 Å². The molecule has 0 spiro atoms. The number of aromatic nitrogens is 1. The van der Waals surface area contributed by atoms with Crippen LogP contribution >= 0.6 is 0 Å². The zero-order chi connectivity index (χ0) is 13.2. The molecular weight excluding hydrogens is 220 g/mol. The van der Waals surface area contributed by atoms with Crippen LogP contribution in [0, 0.1) is 0 Å². The third-order valence-corrected chi connectivity index (χ3v) is 3.62. The van der Waals surface area contributed by atoms with Gasteiger partial charge >= 0.3 is 0 Å². The van der Waals surface area contributed by atoms with Crippen molar-refractivity contribution in [2.45, 2.75) is 71.4 Å². The van der Waals surface area contributed by atoms with Gasteiger partial charge in [0.2, 0.25) is 0 Å². The predicted molar refractivity (Wildman–Crippen MR) is 79.9 cm³/mol. The van der Waals surface area contributed by atoms with Gasteiger partial charge in [-0.05, 0) is 31.5 Å². The summed E-state index contributed by atoms with van der Waals surface area (Å²) in [5, 5.41) is 3.40. The Morgan fingerprint density at radius 1 is 1.11 bits per heavy atom. The van der Waals surface area contributed by atoms with Crippen molar-refractivity contribution in [2.24, 2.45) is 0 Å². The maximum Gasteiger partial charge on any atom is 0.0332 e. The first-order valence-corrected chi connectivity index (χ1v) is 7.64. The van der Waals surface area contributed by atoms with Crippen molar-refractivity contribution in [1.29, 1.82) is 0 Å². The van der Waals surface area contributed by atoms with Gasteiger partial charge in [-0.25, -0.2) is 0 Å². The van der Waals surface area contributed by atoms with E-state index in [1.807, 2.05) is 0 Å². The van der Waals surface area contributed by atoms with Gasteiger partial charge in [-0.2, -0.15) is 0 Å². The van der Waals surface area contributed by atoms with Crippen LogP contribution in [0.3, 0.4) is 0 Å². The first-order valence-electron chi connectivity index (χ1n) is 7.64. The Hall–Kier alpha value is -0.760. The molecule has 0 saturated heterocycles. The van der Waals surface area contributed by atoms with Crippen molar-refractivity contribution in [1.82, 2.24) is 9.88 Å². The monoisotopic (exact) mass is 250 g/mol. The van der Waals surface area contributed by atoms with E-state index in [2.05, 4.69) is 49.2 Å². The van der Waals surface area contributed by atoms with Gasteiger partial charge < -0.3 is 9.88 Å². The van der Waals surface area contributed by atoms with E-state index in [0.717, 1.165) is 0 Å². The number of rotatable bonds is 10. The molecule has 1 heterocycles. The lowest BCUT2D eigenvalue weighted by atomic mass is 10.1. The van der Waals surface area contributed by atoms with Crippen LogP contribution in [-0.4, -0.2) is 11.6 Å². The highest BCUT2D eigenvalue weighted by Gasteiger charge is 2.08. The minimum absolute atomic E-state index is 0.524. The molecule has 1 aromatic rings. The molecule has 1 rings (SSSR count). The standard InChI is InChI=1S/C16H30N2/c1-4-6-7-8-9-12-18-13-11-15(14-18)16(17-3)10-5-2/h11,13-14,16-17H,4-10,12H2,1-3H3. The van der Waals surface area contributed by atoms with Crippen molar-refractivity contribution >= 4 is 0 Å². The minimum Gasteiger partial charge on any atom is -0.354 e. The van der Waals surface area contributed by atoms with Crippen LogP contribution < -0.4 is 5.32 Å². The van der Waals surface area contributed by atoms with E-state index in [1.165, 1.54) is 57.1 Å². The number of hydrogen-bond donors (Lipinski definition) is 1. The molecule has 0 aromatic carbocycles. The maximum atomic E-state index is 3.40. The fraction of sp³-hybridized carbons (Fsp3) is 0.750. The molecule has 18 heavy (non-hydrogen) atoms. The number of nitrogens with one attached hydrogen (secondary N) is 1. The van der Waals surface area contributed by atoms with Gasteiger partial charge in [0.05, 0.1) is 0 Å². The Kier molecular flexibility index (Phi) is 7.83. The number of aryl methyl sites for hydroxylation is 1. The van der Waals surface area contributed by atoms with Crippen LogP contribution in [0.5, 0.6) is 0 Å². The Labute approximate surface area is 113 Å². The molecule has 0 amide bonds. The molecule has 0 bridgehead atoms. The Morgan fingerprint density at radius 3 is 2.56 bits per heavy atom. The molecule has 0 radical (unpaired) electrons. The lowest BCUT2D eigenvalue weighted by molar-refractivity contribution is 0.536. The number of hydrogen-bond acceptors (Lipinski definition) is 1. The van der Waals surface area contributed by atoms with Crippen molar-refractivity contribution < 1.29 is 0 Å². The van der Waals surface area contributed by atoms with Crippen LogP contribution in [0.15, 0.2) is 18.5 Å². The van der Waals surface area contributed by atoms with Gasteiger partial charge in [-0.15, -0.1) is 0 Å². The molecule has 104 valence electrons. The fourth-order valence-electron chi connectivity index (χ4n) is 2.47. The van der Waals surface area contributed by atoms with Crippen molar-refractivity contribution in [3.8, 4) is 0 Å². The van der Waals surface area contributed by atoms with Crippen LogP contribution in [0.4, 0.5) is 0 Å². The Bertz CT molecular complexity index is 304. The molecule has 0 saturated carbocycles.